The van der Waals surface area contributed by atoms with Gasteiger partial charge in [0, 0.05) is 12.1 Å². The van der Waals surface area contributed by atoms with Gasteiger partial charge in [0.05, 0.1) is 0 Å². The molecule has 1 saturated heterocycles. The molecule has 2 unspecified atom stereocenters. The van der Waals surface area contributed by atoms with Gasteiger partial charge in [-0.1, -0.05) is 39.0 Å². The average Bonchev–Trinajstić information content (AvgIpc) is 2.24. The van der Waals surface area contributed by atoms with E-state index in [1.807, 2.05) is 0 Å². The standard InChI is InChI=1S/C14H28N2/c1-12-11-15-10-9-14(12)16-13-7-5-3-2-4-6-8-13/h12-16H,2-11H2,1H3. The Morgan fingerprint density at radius 1 is 0.938 bits per heavy atom. The molecule has 0 spiro atoms. The van der Waals surface area contributed by atoms with Gasteiger partial charge >= 0.3 is 0 Å². The van der Waals surface area contributed by atoms with Gasteiger partial charge in [0.1, 0.15) is 0 Å². The molecule has 2 N–H and O–H groups in total. The van der Waals surface area contributed by atoms with Crippen LogP contribution in [0, 0.1) is 5.92 Å². The molecular formula is C14H28N2. The van der Waals surface area contributed by atoms with Crippen molar-refractivity contribution in [1.29, 1.82) is 0 Å². The Labute approximate surface area is 101 Å². The molecular weight excluding hydrogens is 196 g/mol. The zero-order valence-electron chi connectivity index (χ0n) is 10.8. The molecule has 2 nitrogen and oxygen atoms in total. The smallest absolute Gasteiger partial charge is 0.0119 e. The Balaban J connectivity index is 1.77. The summed E-state index contributed by atoms with van der Waals surface area (Å²) in [5, 5.41) is 7.42. The summed E-state index contributed by atoms with van der Waals surface area (Å²) in [5.41, 5.74) is 0. The third-order valence-corrected chi connectivity index (χ3v) is 4.34. The van der Waals surface area contributed by atoms with Crippen molar-refractivity contribution in [3.05, 3.63) is 0 Å². The first-order valence-corrected chi connectivity index (χ1v) is 7.33. The molecule has 0 aromatic carbocycles. The minimum Gasteiger partial charge on any atom is -0.316 e. The van der Waals surface area contributed by atoms with E-state index in [1.54, 1.807) is 0 Å². The number of nitrogens with one attached hydrogen (secondary N) is 2. The molecule has 2 rings (SSSR count). The second-order valence-corrected chi connectivity index (χ2v) is 5.79. The van der Waals surface area contributed by atoms with E-state index in [0.717, 1.165) is 18.0 Å². The third-order valence-electron chi connectivity index (χ3n) is 4.34. The van der Waals surface area contributed by atoms with Crippen LogP contribution in [0.15, 0.2) is 0 Å². The topological polar surface area (TPSA) is 24.1 Å². The molecule has 2 atom stereocenters. The van der Waals surface area contributed by atoms with Crippen molar-refractivity contribution < 1.29 is 0 Å². The first-order chi connectivity index (χ1) is 7.86. The lowest BCUT2D eigenvalue weighted by atomic mass is 9.91. The maximum Gasteiger partial charge on any atom is 0.0119 e. The molecule has 1 heterocycles. The predicted molar refractivity (Wildman–Crippen MR) is 69.7 cm³/mol. The van der Waals surface area contributed by atoms with Crippen LogP contribution in [0.5, 0.6) is 0 Å². The van der Waals surface area contributed by atoms with Crippen LogP contribution in [-0.4, -0.2) is 25.2 Å². The highest BCUT2D eigenvalue weighted by Gasteiger charge is 2.23. The lowest BCUT2D eigenvalue weighted by Gasteiger charge is -2.34. The van der Waals surface area contributed by atoms with Gasteiger partial charge in [-0.2, -0.15) is 0 Å². The molecule has 2 heteroatoms. The fraction of sp³-hybridized carbons (Fsp3) is 1.00. The van der Waals surface area contributed by atoms with E-state index in [4.69, 9.17) is 0 Å². The van der Waals surface area contributed by atoms with Crippen molar-refractivity contribution in [3.8, 4) is 0 Å². The first-order valence-electron chi connectivity index (χ1n) is 7.33. The Morgan fingerprint density at radius 2 is 1.62 bits per heavy atom. The van der Waals surface area contributed by atoms with Gasteiger partial charge in [-0.15, -0.1) is 0 Å². The number of hydrogen-bond acceptors (Lipinski definition) is 2. The highest BCUT2D eigenvalue weighted by Crippen LogP contribution is 2.19. The highest BCUT2D eigenvalue weighted by atomic mass is 15.0. The summed E-state index contributed by atoms with van der Waals surface area (Å²) in [6.07, 6.45) is 11.4. The number of hydrogen-bond donors (Lipinski definition) is 2. The zero-order valence-corrected chi connectivity index (χ0v) is 10.8. The van der Waals surface area contributed by atoms with Crippen molar-refractivity contribution in [2.24, 2.45) is 5.92 Å². The maximum atomic E-state index is 3.94. The van der Waals surface area contributed by atoms with Crippen LogP contribution in [0.25, 0.3) is 0 Å². The van der Waals surface area contributed by atoms with Crippen LogP contribution < -0.4 is 10.6 Å². The SMILES string of the molecule is CC1CNCCC1NC1CCCCCCC1. The minimum absolute atomic E-state index is 0.769. The largest absolute Gasteiger partial charge is 0.316 e. The Morgan fingerprint density at radius 3 is 2.31 bits per heavy atom. The first kappa shape index (κ1) is 12.4. The van der Waals surface area contributed by atoms with E-state index in [2.05, 4.69) is 17.6 Å². The van der Waals surface area contributed by atoms with Gasteiger partial charge in [-0.3, -0.25) is 0 Å². The monoisotopic (exact) mass is 224 g/mol. The molecule has 2 aliphatic rings. The summed E-state index contributed by atoms with van der Waals surface area (Å²) in [6, 6.07) is 1.58. The lowest BCUT2D eigenvalue weighted by molar-refractivity contribution is 0.252. The van der Waals surface area contributed by atoms with Crippen molar-refractivity contribution in [3.63, 3.8) is 0 Å². The van der Waals surface area contributed by atoms with Crippen molar-refractivity contribution >= 4 is 0 Å². The number of rotatable bonds is 2. The van der Waals surface area contributed by atoms with E-state index in [-0.39, 0.29) is 0 Å². The van der Waals surface area contributed by atoms with E-state index in [1.165, 1.54) is 64.5 Å². The second-order valence-electron chi connectivity index (χ2n) is 5.79. The van der Waals surface area contributed by atoms with Crippen LogP contribution in [-0.2, 0) is 0 Å². The molecule has 2 fully saturated rings. The molecule has 0 aromatic heterocycles. The summed E-state index contributed by atoms with van der Waals surface area (Å²) >= 11 is 0. The van der Waals surface area contributed by atoms with Gasteiger partial charge in [0.25, 0.3) is 0 Å². The molecule has 1 saturated carbocycles. The average molecular weight is 224 g/mol. The minimum atomic E-state index is 0.769. The molecule has 94 valence electrons. The highest BCUT2D eigenvalue weighted by molar-refractivity contribution is 4.84. The van der Waals surface area contributed by atoms with E-state index in [0.29, 0.717) is 0 Å². The van der Waals surface area contributed by atoms with Crippen molar-refractivity contribution in [1.82, 2.24) is 10.6 Å². The van der Waals surface area contributed by atoms with Gasteiger partial charge < -0.3 is 10.6 Å². The molecule has 16 heavy (non-hydrogen) atoms. The fourth-order valence-electron chi connectivity index (χ4n) is 3.19. The Hall–Kier alpha value is -0.0800. The van der Waals surface area contributed by atoms with Crippen molar-refractivity contribution in [2.75, 3.05) is 13.1 Å². The van der Waals surface area contributed by atoms with Crippen molar-refractivity contribution in [2.45, 2.75) is 70.4 Å². The van der Waals surface area contributed by atoms with Gasteiger partial charge in [0.15, 0.2) is 0 Å². The third kappa shape index (κ3) is 3.74. The van der Waals surface area contributed by atoms with Gasteiger partial charge in [0.2, 0.25) is 0 Å². The molecule has 0 bridgehead atoms. The van der Waals surface area contributed by atoms with E-state index >= 15 is 0 Å². The summed E-state index contributed by atoms with van der Waals surface area (Å²) in [5.74, 6) is 0.805. The summed E-state index contributed by atoms with van der Waals surface area (Å²) in [6.45, 7) is 4.78. The zero-order chi connectivity index (χ0) is 11.2. The number of piperidine rings is 1. The molecule has 0 aromatic rings. The molecule has 0 amide bonds. The summed E-state index contributed by atoms with van der Waals surface area (Å²) in [4.78, 5) is 0. The van der Waals surface area contributed by atoms with Crippen LogP contribution >= 0.6 is 0 Å². The normalized spacial score (nSPS) is 34.3. The summed E-state index contributed by atoms with van der Waals surface area (Å²) < 4.78 is 0. The maximum absolute atomic E-state index is 3.94. The van der Waals surface area contributed by atoms with Gasteiger partial charge in [-0.25, -0.2) is 0 Å². The summed E-state index contributed by atoms with van der Waals surface area (Å²) in [7, 11) is 0. The fourth-order valence-corrected chi connectivity index (χ4v) is 3.19. The molecule has 1 aliphatic heterocycles. The van der Waals surface area contributed by atoms with E-state index in [9.17, 15) is 0 Å². The van der Waals surface area contributed by atoms with Gasteiger partial charge in [-0.05, 0) is 38.3 Å². The van der Waals surface area contributed by atoms with E-state index < -0.39 is 0 Å². The van der Waals surface area contributed by atoms with Crippen LogP contribution in [0.4, 0.5) is 0 Å². The Kier molecular flexibility index (Phi) is 5.11. The molecule has 1 aliphatic carbocycles. The van der Waals surface area contributed by atoms with Crippen LogP contribution in [0.2, 0.25) is 0 Å². The van der Waals surface area contributed by atoms with Crippen LogP contribution in [0.3, 0.4) is 0 Å². The van der Waals surface area contributed by atoms with Crippen LogP contribution in [0.1, 0.15) is 58.3 Å². The second kappa shape index (κ2) is 6.61. The molecule has 0 radical (unpaired) electrons. The quantitative estimate of drug-likeness (QED) is 0.753. The Bertz CT molecular complexity index is 185. The lowest BCUT2D eigenvalue weighted by Crippen LogP contribution is -2.49. The predicted octanol–water partition coefficient (Wildman–Crippen LogP) is 2.69.